The van der Waals surface area contributed by atoms with Gasteiger partial charge in [-0.2, -0.15) is 0 Å². The number of hydrogen-bond donors (Lipinski definition) is 0. The van der Waals surface area contributed by atoms with E-state index >= 15 is 0 Å². The molecule has 0 atom stereocenters. The Morgan fingerprint density at radius 1 is 1.19 bits per heavy atom. The third-order valence-corrected chi connectivity index (χ3v) is 4.11. The Morgan fingerprint density at radius 3 is 2.62 bits per heavy atom. The van der Waals surface area contributed by atoms with E-state index in [2.05, 4.69) is 16.9 Å². The van der Waals surface area contributed by atoms with Crippen LogP contribution in [0.3, 0.4) is 0 Å². The summed E-state index contributed by atoms with van der Waals surface area (Å²) in [5.74, 6) is -2.91. The van der Waals surface area contributed by atoms with Gasteiger partial charge in [0.15, 0.2) is 0 Å². The smallest absolute Gasteiger partial charge is 0.254 e. The predicted molar refractivity (Wildman–Crippen MR) is 82.8 cm³/mol. The molecule has 0 saturated carbocycles. The second-order valence-corrected chi connectivity index (χ2v) is 6.05. The van der Waals surface area contributed by atoms with Gasteiger partial charge in [-0.3, -0.25) is 9.97 Å². The van der Waals surface area contributed by atoms with E-state index in [1.54, 1.807) is 12.4 Å². The van der Waals surface area contributed by atoms with E-state index in [1.165, 1.54) is 0 Å². The summed E-state index contributed by atoms with van der Waals surface area (Å²) in [5, 5.41) is 0. The van der Waals surface area contributed by atoms with Gasteiger partial charge in [0.1, 0.15) is 0 Å². The van der Waals surface area contributed by atoms with Crippen LogP contribution in [0.15, 0.2) is 41.6 Å². The van der Waals surface area contributed by atoms with E-state index < -0.39 is 5.92 Å². The fraction of sp³-hybridized carbons (Fsp3) is 0.375. The molecule has 0 saturated heterocycles. The highest BCUT2D eigenvalue weighted by Crippen LogP contribution is 2.27. The summed E-state index contributed by atoms with van der Waals surface area (Å²) in [6.07, 6.45) is 5.37. The van der Waals surface area contributed by atoms with E-state index in [-0.39, 0.29) is 5.75 Å². The fourth-order valence-electron chi connectivity index (χ4n) is 1.96. The third-order valence-electron chi connectivity index (χ3n) is 2.88. The molecule has 2 rings (SSSR count). The zero-order valence-electron chi connectivity index (χ0n) is 12.1. The van der Waals surface area contributed by atoms with Crippen molar-refractivity contribution in [1.29, 1.82) is 0 Å². The van der Waals surface area contributed by atoms with Crippen LogP contribution in [-0.2, 0) is 6.42 Å². The van der Waals surface area contributed by atoms with Crippen molar-refractivity contribution in [2.75, 3.05) is 5.75 Å². The number of rotatable bonds is 6. The summed E-state index contributed by atoms with van der Waals surface area (Å²) < 4.78 is 25.7. The first-order valence-electron chi connectivity index (χ1n) is 6.90. The average Bonchev–Trinajstić information content (AvgIpc) is 2.46. The van der Waals surface area contributed by atoms with E-state index in [1.807, 2.05) is 24.3 Å². The lowest BCUT2D eigenvalue weighted by molar-refractivity contribution is 0.0492. The molecule has 2 aromatic rings. The molecule has 21 heavy (non-hydrogen) atoms. The normalized spacial score (nSPS) is 11.6. The van der Waals surface area contributed by atoms with Crippen molar-refractivity contribution in [1.82, 2.24) is 9.97 Å². The van der Waals surface area contributed by atoms with Gasteiger partial charge in [-0.25, -0.2) is 8.78 Å². The summed E-state index contributed by atoms with van der Waals surface area (Å²) in [6.45, 7) is 3.04. The molecule has 0 bridgehead atoms. The zero-order valence-corrected chi connectivity index (χ0v) is 13.0. The lowest BCUT2D eigenvalue weighted by atomic mass is 10.1. The van der Waals surface area contributed by atoms with Crippen LogP contribution in [0.1, 0.15) is 25.8 Å². The third kappa shape index (κ3) is 4.77. The lowest BCUT2D eigenvalue weighted by Gasteiger charge is -2.10. The standard InChI is InChI=1S/C16H18F2N2S/c1-3-5-12-6-4-9-19-15(12)14-8-7-13(10-20-14)21-11-16(2,17)18/h4,6-10H,3,5,11H2,1-2H3. The molecular weight excluding hydrogens is 290 g/mol. The molecule has 0 aliphatic carbocycles. The Labute approximate surface area is 128 Å². The number of pyridine rings is 2. The van der Waals surface area contributed by atoms with Crippen molar-refractivity contribution in [2.45, 2.75) is 37.5 Å². The quantitative estimate of drug-likeness (QED) is 0.714. The van der Waals surface area contributed by atoms with Crippen LogP contribution in [0, 0.1) is 0 Å². The van der Waals surface area contributed by atoms with Crippen molar-refractivity contribution in [3.8, 4) is 11.4 Å². The van der Waals surface area contributed by atoms with Crippen LogP contribution in [-0.4, -0.2) is 21.6 Å². The van der Waals surface area contributed by atoms with Crippen LogP contribution < -0.4 is 0 Å². The van der Waals surface area contributed by atoms with E-state index in [9.17, 15) is 8.78 Å². The Kier molecular flexibility index (Phi) is 5.28. The van der Waals surface area contributed by atoms with Crippen molar-refractivity contribution in [3.63, 3.8) is 0 Å². The maximum Gasteiger partial charge on any atom is 0.254 e. The summed E-state index contributed by atoms with van der Waals surface area (Å²) in [4.78, 5) is 9.50. The molecule has 0 spiro atoms. The highest BCUT2D eigenvalue weighted by atomic mass is 32.2. The summed E-state index contributed by atoms with van der Waals surface area (Å²) >= 11 is 1.11. The van der Waals surface area contributed by atoms with Crippen molar-refractivity contribution in [2.24, 2.45) is 0 Å². The largest absolute Gasteiger partial charge is 0.254 e. The van der Waals surface area contributed by atoms with Gasteiger partial charge in [0.2, 0.25) is 0 Å². The number of aromatic nitrogens is 2. The summed E-state index contributed by atoms with van der Waals surface area (Å²) in [5.41, 5.74) is 2.82. The highest BCUT2D eigenvalue weighted by Gasteiger charge is 2.21. The first-order chi connectivity index (χ1) is 9.99. The fourth-order valence-corrected chi connectivity index (χ4v) is 2.67. The molecule has 0 fully saturated rings. The van der Waals surface area contributed by atoms with Gasteiger partial charge in [-0.15, -0.1) is 11.8 Å². The van der Waals surface area contributed by atoms with Gasteiger partial charge in [-0.05, 0) is 30.2 Å². The van der Waals surface area contributed by atoms with Crippen molar-refractivity contribution in [3.05, 3.63) is 42.2 Å². The second-order valence-electron chi connectivity index (χ2n) is 5.00. The van der Waals surface area contributed by atoms with Crippen LogP contribution >= 0.6 is 11.8 Å². The Morgan fingerprint density at radius 2 is 2.00 bits per heavy atom. The number of hydrogen-bond acceptors (Lipinski definition) is 3. The first-order valence-corrected chi connectivity index (χ1v) is 7.89. The molecule has 5 heteroatoms. The predicted octanol–water partition coefficient (Wildman–Crippen LogP) is 4.84. The number of halogens is 2. The monoisotopic (exact) mass is 308 g/mol. The topological polar surface area (TPSA) is 25.8 Å². The molecule has 0 aliphatic rings. The molecule has 2 heterocycles. The minimum Gasteiger partial charge on any atom is -0.254 e. The minimum atomic E-state index is -2.67. The van der Waals surface area contributed by atoms with Gasteiger partial charge in [-0.1, -0.05) is 19.4 Å². The second kappa shape index (κ2) is 6.98. The minimum absolute atomic E-state index is 0.237. The van der Waals surface area contributed by atoms with Gasteiger partial charge in [0, 0.05) is 24.2 Å². The summed E-state index contributed by atoms with van der Waals surface area (Å²) in [7, 11) is 0. The molecule has 112 valence electrons. The molecule has 2 aromatic heterocycles. The molecular formula is C16H18F2N2S. The molecule has 0 aliphatic heterocycles. The molecule has 0 amide bonds. The van der Waals surface area contributed by atoms with Gasteiger partial charge < -0.3 is 0 Å². The number of nitrogens with zero attached hydrogens (tertiary/aromatic N) is 2. The number of aryl methyl sites for hydroxylation is 1. The maximum absolute atomic E-state index is 12.8. The van der Waals surface area contributed by atoms with E-state index in [4.69, 9.17) is 0 Å². The average molecular weight is 308 g/mol. The van der Waals surface area contributed by atoms with Crippen LogP contribution in [0.25, 0.3) is 11.4 Å². The van der Waals surface area contributed by atoms with Crippen LogP contribution in [0.4, 0.5) is 8.78 Å². The van der Waals surface area contributed by atoms with E-state index in [0.717, 1.165) is 53.4 Å². The van der Waals surface area contributed by atoms with Gasteiger partial charge in [0.05, 0.1) is 17.1 Å². The number of alkyl halides is 2. The SMILES string of the molecule is CCCc1cccnc1-c1ccc(SCC(C)(F)F)cn1. The first kappa shape index (κ1) is 15.9. The lowest BCUT2D eigenvalue weighted by Crippen LogP contribution is -2.12. The Bertz CT molecular complexity index is 580. The molecule has 0 radical (unpaired) electrons. The van der Waals surface area contributed by atoms with Gasteiger partial charge >= 0.3 is 0 Å². The van der Waals surface area contributed by atoms with Crippen LogP contribution in [0.5, 0.6) is 0 Å². The van der Waals surface area contributed by atoms with E-state index in [0.29, 0.717) is 0 Å². The van der Waals surface area contributed by atoms with Crippen molar-refractivity contribution >= 4 is 11.8 Å². The maximum atomic E-state index is 12.8. The Balaban J connectivity index is 2.15. The zero-order chi connectivity index (χ0) is 15.3. The molecule has 0 N–H and O–H groups in total. The van der Waals surface area contributed by atoms with Gasteiger partial charge in [0.25, 0.3) is 5.92 Å². The Hall–Kier alpha value is -1.49. The van der Waals surface area contributed by atoms with Crippen LogP contribution in [0.2, 0.25) is 0 Å². The highest BCUT2D eigenvalue weighted by molar-refractivity contribution is 7.99. The molecule has 0 aromatic carbocycles. The molecule has 0 unspecified atom stereocenters. The molecule has 2 nitrogen and oxygen atoms in total. The number of thioether (sulfide) groups is 1. The summed E-state index contributed by atoms with van der Waals surface area (Å²) in [6, 6.07) is 7.64. The van der Waals surface area contributed by atoms with Crippen molar-refractivity contribution < 1.29 is 8.78 Å².